The molecule has 0 aliphatic heterocycles. The van der Waals surface area contributed by atoms with Crippen LogP contribution in [0.4, 0.5) is 5.69 Å². The summed E-state index contributed by atoms with van der Waals surface area (Å²) in [7, 11) is 0. The van der Waals surface area contributed by atoms with E-state index in [0.717, 1.165) is 12.2 Å². The van der Waals surface area contributed by atoms with Crippen molar-refractivity contribution in [1.29, 1.82) is 0 Å². The normalized spacial score (nSPS) is 10.9. The molecule has 0 aliphatic rings. The molecule has 1 aromatic carbocycles. The van der Waals surface area contributed by atoms with E-state index in [4.69, 9.17) is 0 Å². The summed E-state index contributed by atoms with van der Waals surface area (Å²) in [4.78, 5) is 0. The lowest BCUT2D eigenvalue weighted by atomic mass is 10.0. The zero-order chi connectivity index (χ0) is 17.3. The molecule has 0 heterocycles. The number of anilines is 1. The lowest BCUT2D eigenvalue weighted by Crippen LogP contribution is -2.00. The summed E-state index contributed by atoms with van der Waals surface area (Å²) in [5, 5.41) is 12.6. The second kappa shape index (κ2) is 15.4. The quantitative estimate of drug-likeness (QED) is 0.246. The number of rotatable bonds is 16. The molecule has 2 heteroatoms. The zero-order valence-corrected chi connectivity index (χ0v) is 15.9. The van der Waals surface area contributed by atoms with Crippen LogP contribution in [-0.2, 0) is 0 Å². The first-order valence-corrected chi connectivity index (χ1v) is 10.4. The summed E-state index contributed by atoms with van der Waals surface area (Å²) >= 11 is 0. The fourth-order valence-electron chi connectivity index (χ4n) is 3.13. The number of unbranched alkanes of at least 4 members (excludes halogenated alkanes) is 13. The van der Waals surface area contributed by atoms with Gasteiger partial charge in [0.2, 0.25) is 0 Å². The maximum Gasteiger partial charge on any atom is 0.115 e. The SMILES string of the molecule is CCCCCCCCCCCCCCCCNc1ccc(O)cc1. The second-order valence-corrected chi connectivity index (χ2v) is 7.07. The minimum Gasteiger partial charge on any atom is -0.508 e. The average molecular weight is 334 g/mol. The lowest BCUT2D eigenvalue weighted by Gasteiger charge is -2.06. The van der Waals surface area contributed by atoms with Crippen molar-refractivity contribution >= 4 is 5.69 Å². The van der Waals surface area contributed by atoms with Crippen LogP contribution in [0, 0.1) is 0 Å². The third-order valence-electron chi connectivity index (χ3n) is 4.73. The Morgan fingerprint density at radius 1 is 0.625 bits per heavy atom. The predicted molar refractivity (Wildman–Crippen MR) is 107 cm³/mol. The van der Waals surface area contributed by atoms with Crippen LogP contribution >= 0.6 is 0 Å². The van der Waals surface area contributed by atoms with E-state index in [0.29, 0.717) is 5.75 Å². The van der Waals surface area contributed by atoms with Crippen molar-refractivity contribution in [3.8, 4) is 5.75 Å². The molecule has 0 saturated heterocycles. The van der Waals surface area contributed by atoms with E-state index in [9.17, 15) is 5.11 Å². The van der Waals surface area contributed by atoms with Crippen LogP contribution in [0.2, 0.25) is 0 Å². The Morgan fingerprint density at radius 3 is 1.50 bits per heavy atom. The Balaban J connectivity index is 1.75. The van der Waals surface area contributed by atoms with Crippen molar-refractivity contribution < 1.29 is 5.11 Å². The number of benzene rings is 1. The van der Waals surface area contributed by atoms with Gasteiger partial charge < -0.3 is 10.4 Å². The lowest BCUT2D eigenvalue weighted by molar-refractivity contribution is 0.475. The van der Waals surface area contributed by atoms with Gasteiger partial charge in [-0.05, 0) is 30.7 Å². The van der Waals surface area contributed by atoms with E-state index in [2.05, 4.69) is 12.2 Å². The van der Waals surface area contributed by atoms with Crippen molar-refractivity contribution in [3.05, 3.63) is 24.3 Å². The Hall–Kier alpha value is -1.18. The smallest absolute Gasteiger partial charge is 0.115 e. The van der Waals surface area contributed by atoms with Crippen LogP contribution in [0.1, 0.15) is 96.8 Å². The van der Waals surface area contributed by atoms with Gasteiger partial charge >= 0.3 is 0 Å². The average Bonchev–Trinajstić information content (AvgIpc) is 2.60. The maximum absolute atomic E-state index is 9.23. The van der Waals surface area contributed by atoms with Crippen molar-refractivity contribution in [2.75, 3.05) is 11.9 Å². The molecule has 0 radical (unpaired) electrons. The van der Waals surface area contributed by atoms with Crippen LogP contribution < -0.4 is 5.32 Å². The summed E-state index contributed by atoms with van der Waals surface area (Å²) in [6.45, 7) is 3.31. The van der Waals surface area contributed by atoms with E-state index < -0.39 is 0 Å². The summed E-state index contributed by atoms with van der Waals surface area (Å²) in [5.41, 5.74) is 1.10. The highest BCUT2D eigenvalue weighted by Gasteiger charge is 1.95. The molecule has 1 aromatic rings. The molecule has 2 nitrogen and oxygen atoms in total. The molecule has 0 fully saturated rings. The Morgan fingerprint density at radius 2 is 1.04 bits per heavy atom. The number of hydrogen-bond acceptors (Lipinski definition) is 2. The Bertz CT molecular complexity index is 374. The van der Waals surface area contributed by atoms with Crippen LogP contribution in [0.25, 0.3) is 0 Å². The first-order chi connectivity index (χ1) is 11.8. The molecule has 24 heavy (non-hydrogen) atoms. The molecular formula is C22H39NO. The molecule has 0 saturated carbocycles. The standard InChI is InChI=1S/C22H39NO/c1-2-3-4-5-6-7-8-9-10-11-12-13-14-15-20-23-21-16-18-22(24)19-17-21/h16-19,23-24H,2-15,20H2,1H3. The molecular weight excluding hydrogens is 294 g/mol. The van der Waals surface area contributed by atoms with Gasteiger partial charge in [-0.15, -0.1) is 0 Å². The van der Waals surface area contributed by atoms with Gasteiger partial charge in [-0.2, -0.15) is 0 Å². The molecule has 0 atom stereocenters. The van der Waals surface area contributed by atoms with Gasteiger partial charge in [0, 0.05) is 12.2 Å². The number of nitrogens with one attached hydrogen (secondary N) is 1. The minimum atomic E-state index is 0.331. The molecule has 0 aliphatic carbocycles. The summed E-state index contributed by atoms with van der Waals surface area (Å²) in [5.74, 6) is 0.331. The fraction of sp³-hybridized carbons (Fsp3) is 0.727. The largest absolute Gasteiger partial charge is 0.508 e. The van der Waals surface area contributed by atoms with Crippen LogP contribution in [-0.4, -0.2) is 11.7 Å². The van der Waals surface area contributed by atoms with Gasteiger partial charge in [-0.25, -0.2) is 0 Å². The van der Waals surface area contributed by atoms with Gasteiger partial charge in [0.15, 0.2) is 0 Å². The summed E-state index contributed by atoms with van der Waals surface area (Å²) < 4.78 is 0. The van der Waals surface area contributed by atoms with Crippen molar-refractivity contribution in [2.45, 2.75) is 96.8 Å². The van der Waals surface area contributed by atoms with Crippen LogP contribution in [0.3, 0.4) is 0 Å². The number of phenols is 1. The highest BCUT2D eigenvalue weighted by molar-refractivity contribution is 5.45. The topological polar surface area (TPSA) is 32.3 Å². The Labute approximate surface area is 150 Å². The fourth-order valence-corrected chi connectivity index (χ4v) is 3.13. The zero-order valence-electron chi connectivity index (χ0n) is 15.9. The molecule has 0 unspecified atom stereocenters. The number of aromatic hydroxyl groups is 1. The van der Waals surface area contributed by atoms with Gasteiger partial charge in [-0.1, -0.05) is 90.4 Å². The first-order valence-electron chi connectivity index (χ1n) is 10.4. The van der Waals surface area contributed by atoms with Crippen molar-refractivity contribution in [3.63, 3.8) is 0 Å². The van der Waals surface area contributed by atoms with Gasteiger partial charge in [0.25, 0.3) is 0 Å². The van der Waals surface area contributed by atoms with Crippen molar-refractivity contribution in [2.24, 2.45) is 0 Å². The van der Waals surface area contributed by atoms with E-state index in [1.165, 1.54) is 89.9 Å². The van der Waals surface area contributed by atoms with E-state index in [1.807, 2.05) is 12.1 Å². The van der Waals surface area contributed by atoms with E-state index in [-0.39, 0.29) is 0 Å². The first kappa shape index (κ1) is 20.9. The molecule has 0 aromatic heterocycles. The van der Waals surface area contributed by atoms with Gasteiger partial charge in [0.05, 0.1) is 0 Å². The van der Waals surface area contributed by atoms with Gasteiger partial charge in [0.1, 0.15) is 5.75 Å². The van der Waals surface area contributed by atoms with E-state index in [1.54, 1.807) is 12.1 Å². The number of phenolic OH excluding ortho intramolecular Hbond substituents is 1. The predicted octanol–water partition coefficient (Wildman–Crippen LogP) is 7.29. The van der Waals surface area contributed by atoms with Gasteiger partial charge in [-0.3, -0.25) is 0 Å². The highest BCUT2D eigenvalue weighted by Crippen LogP contribution is 2.15. The summed E-state index contributed by atoms with van der Waals surface area (Å²) in [6.07, 6.45) is 19.6. The third-order valence-corrected chi connectivity index (χ3v) is 4.73. The highest BCUT2D eigenvalue weighted by atomic mass is 16.3. The summed E-state index contributed by atoms with van der Waals surface area (Å²) in [6, 6.07) is 7.32. The molecule has 1 rings (SSSR count). The van der Waals surface area contributed by atoms with Crippen molar-refractivity contribution in [1.82, 2.24) is 0 Å². The van der Waals surface area contributed by atoms with E-state index >= 15 is 0 Å². The monoisotopic (exact) mass is 333 g/mol. The minimum absolute atomic E-state index is 0.331. The number of hydrogen-bond donors (Lipinski definition) is 2. The third kappa shape index (κ3) is 12.3. The second-order valence-electron chi connectivity index (χ2n) is 7.07. The maximum atomic E-state index is 9.23. The van der Waals surface area contributed by atoms with Crippen LogP contribution in [0.5, 0.6) is 5.75 Å². The molecule has 0 bridgehead atoms. The molecule has 0 amide bonds. The Kier molecular flexibility index (Phi) is 13.3. The van der Waals surface area contributed by atoms with Crippen LogP contribution in [0.15, 0.2) is 24.3 Å². The molecule has 2 N–H and O–H groups in total. The molecule has 138 valence electrons. The molecule has 0 spiro atoms.